The van der Waals surface area contributed by atoms with Crippen molar-refractivity contribution < 1.29 is 9.15 Å². The van der Waals surface area contributed by atoms with Crippen LogP contribution in [0, 0.1) is 0 Å². The van der Waals surface area contributed by atoms with Gasteiger partial charge >= 0.3 is 0 Å². The van der Waals surface area contributed by atoms with Gasteiger partial charge in [-0.05, 0) is 99.3 Å². The first kappa shape index (κ1) is 33.4. The van der Waals surface area contributed by atoms with Crippen molar-refractivity contribution in [3.63, 3.8) is 0 Å². The van der Waals surface area contributed by atoms with Crippen LogP contribution in [-0.4, -0.2) is 6.71 Å². The van der Waals surface area contributed by atoms with Crippen molar-refractivity contribution in [2.24, 2.45) is 0 Å². The third-order valence-electron chi connectivity index (χ3n) is 11.9. The van der Waals surface area contributed by atoms with Crippen LogP contribution < -0.4 is 30.9 Å². The Labute approximate surface area is 342 Å². The molecule has 0 N–H and O–H groups in total. The van der Waals surface area contributed by atoms with Crippen molar-refractivity contribution in [1.29, 1.82) is 0 Å². The van der Waals surface area contributed by atoms with Crippen molar-refractivity contribution in [2.45, 2.75) is 0 Å². The van der Waals surface area contributed by atoms with E-state index in [4.69, 9.17) is 9.15 Å². The average Bonchev–Trinajstić information content (AvgIpc) is 3.68. The fourth-order valence-corrected chi connectivity index (χ4v) is 9.42. The predicted octanol–water partition coefficient (Wildman–Crippen LogP) is 12.8. The van der Waals surface area contributed by atoms with E-state index in [9.17, 15) is 0 Å². The van der Waals surface area contributed by atoms with E-state index in [-0.39, 0.29) is 6.71 Å². The fourth-order valence-electron chi connectivity index (χ4n) is 9.42. The van der Waals surface area contributed by atoms with Gasteiger partial charge in [0.05, 0.1) is 5.69 Å². The summed E-state index contributed by atoms with van der Waals surface area (Å²) in [7, 11) is 0. The van der Waals surface area contributed by atoms with E-state index in [1.165, 1.54) is 22.1 Å². The molecule has 0 saturated carbocycles. The molecular formula is C54H35BN2O2. The lowest BCUT2D eigenvalue weighted by Crippen LogP contribution is -2.60. The summed E-state index contributed by atoms with van der Waals surface area (Å²) in [6.45, 7) is -0.145. The normalized spacial score (nSPS) is 12.5. The van der Waals surface area contributed by atoms with Crippen molar-refractivity contribution in [3.8, 4) is 33.8 Å². The maximum absolute atomic E-state index is 7.23. The molecule has 2 aliphatic rings. The topological polar surface area (TPSA) is 28.9 Å². The van der Waals surface area contributed by atoms with Gasteiger partial charge in [-0.1, -0.05) is 140 Å². The second kappa shape index (κ2) is 13.4. The lowest BCUT2D eigenvalue weighted by molar-refractivity contribution is 0.488. The van der Waals surface area contributed by atoms with Crippen molar-refractivity contribution >= 4 is 79.2 Å². The second-order valence-corrected chi connectivity index (χ2v) is 15.2. The van der Waals surface area contributed by atoms with Gasteiger partial charge in [0.15, 0.2) is 0 Å². The smallest absolute Gasteiger partial charge is 0.258 e. The van der Waals surface area contributed by atoms with Crippen LogP contribution in [0.3, 0.4) is 0 Å². The predicted molar refractivity (Wildman–Crippen MR) is 245 cm³/mol. The molecule has 9 aromatic carbocycles. The SMILES string of the molecule is c1ccc(-c2cccc3c2B2c4c(cc(N(c5ccccc5)c5ccccc5)cc4N(c4ccc5c(c4)oc4ccccc45)c4cccc(-c5ccccc5)c42)O3)cc1. The molecule has 5 heteroatoms. The number of para-hydroxylation sites is 3. The van der Waals surface area contributed by atoms with Crippen LogP contribution in [-0.2, 0) is 0 Å². The minimum atomic E-state index is -0.145. The van der Waals surface area contributed by atoms with Gasteiger partial charge in [0.2, 0.25) is 0 Å². The van der Waals surface area contributed by atoms with Crippen molar-refractivity contribution in [2.75, 3.05) is 9.80 Å². The van der Waals surface area contributed by atoms with E-state index >= 15 is 0 Å². The van der Waals surface area contributed by atoms with Gasteiger partial charge < -0.3 is 19.0 Å². The van der Waals surface area contributed by atoms with Gasteiger partial charge in [-0.25, -0.2) is 0 Å². The molecule has 12 rings (SSSR count). The Morgan fingerprint density at radius 1 is 0.390 bits per heavy atom. The summed E-state index contributed by atoms with van der Waals surface area (Å²) in [5.74, 6) is 1.70. The Bertz CT molecular complexity index is 3160. The number of fused-ring (bicyclic) bond motifs is 7. The molecule has 0 bridgehead atoms. The van der Waals surface area contributed by atoms with Gasteiger partial charge in [-0.2, -0.15) is 0 Å². The lowest BCUT2D eigenvalue weighted by atomic mass is 9.32. The zero-order chi connectivity index (χ0) is 38.9. The molecule has 2 aliphatic heterocycles. The fraction of sp³-hybridized carbons (Fsp3) is 0. The zero-order valence-corrected chi connectivity index (χ0v) is 32.0. The number of nitrogens with zero attached hydrogens (tertiary/aromatic N) is 2. The largest absolute Gasteiger partial charge is 0.458 e. The average molecular weight is 755 g/mol. The van der Waals surface area contributed by atoms with Gasteiger partial charge in [-0.3, -0.25) is 0 Å². The number of rotatable bonds is 6. The van der Waals surface area contributed by atoms with E-state index in [0.717, 1.165) is 84.2 Å². The Balaban J connectivity index is 1.19. The first-order valence-corrected chi connectivity index (χ1v) is 20.1. The molecule has 3 heterocycles. The summed E-state index contributed by atoms with van der Waals surface area (Å²) in [6.07, 6.45) is 0. The van der Waals surface area contributed by atoms with Gasteiger partial charge in [-0.15, -0.1) is 0 Å². The van der Waals surface area contributed by atoms with Crippen LogP contribution in [0.15, 0.2) is 217 Å². The molecule has 0 radical (unpaired) electrons. The molecule has 0 aliphatic carbocycles. The number of hydrogen-bond donors (Lipinski definition) is 0. The monoisotopic (exact) mass is 754 g/mol. The molecule has 0 amide bonds. The van der Waals surface area contributed by atoms with E-state index in [0.29, 0.717) is 0 Å². The van der Waals surface area contributed by atoms with E-state index in [2.05, 4.69) is 210 Å². The second-order valence-electron chi connectivity index (χ2n) is 15.2. The van der Waals surface area contributed by atoms with Crippen LogP contribution in [0.2, 0.25) is 0 Å². The molecule has 1 aromatic heterocycles. The zero-order valence-electron chi connectivity index (χ0n) is 32.0. The summed E-state index contributed by atoms with van der Waals surface area (Å²) >= 11 is 0. The first-order chi connectivity index (χ1) is 29.3. The Hall–Kier alpha value is -7.76. The third kappa shape index (κ3) is 5.32. The molecule has 0 unspecified atom stereocenters. The number of ether oxygens (including phenoxy) is 1. The number of anilines is 6. The summed E-state index contributed by atoms with van der Waals surface area (Å²) in [6, 6.07) is 75.5. The highest BCUT2D eigenvalue weighted by Crippen LogP contribution is 2.48. The summed E-state index contributed by atoms with van der Waals surface area (Å²) in [5.41, 5.74) is 16.2. The Morgan fingerprint density at radius 3 is 1.68 bits per heavy atom. The molecular weight excluding hydrogens is 719 g/mol. The van der Waals surface area contributed by atoms with Crippen LogP contribution >= 0.6 is 0 Å². The Kier molecular flexibility index (Phi) is 7.60. The molecule has 59 heavy (non-hydrogen) atoms. The first-order valence-electron chi connectivity index (χ1n) is 20.1. The summed E-state index contributed by atoms with van der Waals surface area (Å²) < 4.78 is 13.8. The van der Waals surface area contributed by atoms with Crippen LogP contribution in [0.5, 0.6) is 11.5 Å². The lowest BCUT2D eigenvalue weighted by Gasteiger charge is -2.42. The maximum Gasteiger partial charge on any atom is 0.258 e. The number of hydrogen-bond acceptors (Lipinski definition) is 4. The molecule has 276 valence electrons. The highest BCUT2D eigenvalue weighted by molar-refractivity contribution is 7.01. The van der Waals surface area contributed by atoms with Gasteiger partial charge in [0, 0.05) is 51.3 Å². The number of furan rings is 1. The highest BCUT2D eigenvalue weighted by atomic mass is 16.5. The Morgan fingerprint density at radius 2 is 0.983 bits per heavy atom. The molecule has 0 fully saturated rings. The summed E-state index contributed by atoms with van der Waals surface area (Å²) in [4.78, 5) is 4.75. The van der Waals surface area contributed by atoms with Gasteiger partial charge in [0.25, 0.3) is 6.71 Å². The van der Waals surface area contributed by atoms with E-state index < -0.39 is 0 Å². The summed E-state index contributed by atoms with van der Waals surface area (Å²) in [5, 5.41) is 2.20. The van der Waals surface area contributed by atoms with E-state index in [1.54, 1.807) is 0 Å². The van der Waals surface area contributed by atoms with E-state index in [1.807, 2.05) is 12.1 Å². The minimum Gasteiger partial charge on any atom is -0.458 e. The molecule has 0 atom stereocenters. The number of benzene rings is 9. The molecule has 0 saturated heterocycles. The van der Waals surface area contributed by atoms with Crippen LogP contribution in [0.25, 0.3) is 44.2 Å². The minimum absolute atomic E-state index is 0.145. The maximum atomic E-state index is 7.23. The quantitative estimate of drug-likeness (QED) is 0.158. The van der Waals surface area contributed by atoms with Gasteiger partial charge in [0.1, 0.15) is 22.7 Å². The molecule has 10 aromatic rings. The molecule has 4 nitrogen and oxygen atoms in total. The third-order valence-corrected chi connectivity index (χ3v) is 11.9. The van der Waals surface area contributed by atoms with Crippen molar-refractivity contribution in [1.82, 2.24) is 0 Å². The van der Waals surface area contributed by atoms with Crippen molar-refractivity contribution in [3.05, 3.63) is 212 Å². The molecule has 0 spiro atoms. The standard InChI is InChI=1S/C54H35BN2O2/c1-5-17-36(18-6-1)42-26-15-28-46-52(42)55-53-43(37-19-7-2-8-20-37)27-16-30-49(53)59-51-35-41(56(38-21-9-3-10-22-38)39-23-11-4-12-24-39)33-47(54(51)55)57(46)40-31-32-45-44-25-13-14-29-48(44)58-50(45)34-40/h1-35H. The highest BCUT2D eigenvalue weighted by Gasteiger charge is 2.45. The van der Waals surface area contributed by atoms with Crippen LogP contribution in [0.1, 0.15) is 0 Å². The van der Waals surface area contributed by atoms with Crippen LogP contribution in [0.4, 0.5) is 34.1 Å².